The third kappa shape index (κ3) is 3.77. The highest BCUT2D eigenvalue weighted by molar-refractivity contribution is 6.19. The van der Waals surface area contributed by atoms with Crippen LogP contribution < -0.4 is 0 Å². The largest absolute Gasteiger partial charge is 0.452 e. The summed E-state index contributed by atoms with van der Waals surface area (Å²) >= 11 is 0. The Hall–Kier alpha value is -3.52. The molecule has 0 amide bonds. The van der Waals surface area contributed by atoms with Gasteiger partial charge in [-0.15, -0.1) is 0 Å². The summed E-state index contributed by atoms with van der Waals surface area (Å²) in [6, 6.07) is 27.9. The van der Waals surface area contributed by atoms with Crippen molar-refractivity contribution in [3.05, 3.63) is 84.4 Å². The molecule has 0 saturated carbocycles. The molecule has 2 aromatic heterocycles. The van der Waals surface area contributed by atoms with E-state index in [0.29, 0.717) is 0 Å². The van der Waals surface area contributed by atoms with Crippen molar-refractivity contribution in [2.45, 2.75) is 51.9 Å². The van der Waals surface area contributed by atoms with E-state index in [4.69, 9.17) is 8.83 Å². The number of fused-ring (bicyclic) bond motifs is 7. The number of furan rings is 2. The molecule has 2 heteroatoms. The van der Waals surface area contributed by atoms with Crippen molar-refractivity contribution in [2.24, 2.45) is 0 Å². The van der Waals surface area contributed by atoms with Crippen molar-refractivity contribution in [1.82, 2.24) is 0 Å². The number of rotatable bonds is 8. The van der Waals surface area contributed by atoms with Crippen molar-refractivity contribution in [3.63, 3.8) is 0 Å². The van der Waals surface area contributed by atoms with Crippen LogP contribution in [-0.2, 0) is 6.42 Å². The molecule has 0 saturated heterocycles. The molecule has 0 atom stereocenters. The first-order valence-electron chi connectivity index (χ1n) is 12.7. The van der Waals surface area contributed by atoms with Crippen molar-refractivity contribution < 1.29 is 8.83 Å². The molecule has 2 heterocycles. The molecule has 0 radical (unpaired) electrons. The van der Waals surface area contributed by atoms with E-state index in [1.165, 1.54) is 55.0 Å². The predicted molar refractivity (Wildman–Crippen MR) is 144 cm³/mol. The van der Waals surface area contributed by atoms with Gasteiger partial charge in [0.15, 0.2) is 11.2 Å². The van der Waals surface area contributed by atoms with Gasteiger partial charge in [0.1, 0.15) is 11.2 Å². The summed E-state index contributed by atoms with van der Waals surface area (Å²) in [6.07, 6.45) is 9.07. The molecule has 0 aliphatic rings. The first kappa shape index (κ1) is 21.0. The zero-order valence-electron chi connectivity index (χ0n) is 19.8. The van der Waals surface area contributed by atoms with E-state index in [2.05, 4.69) is 79.7 Å². The van der Waals surface area contributed by atoms with Crippen LogP contribution in [0, 0.1) is 0 Å². The minimum Gasteiger partial charge on any atom is -0.452 e. The van der Waals surface area contributed by atoms with Crippen molar-refractivity contribution in [2.75, 3.05) is 0 Å². The number of aryl methyl sites for hydroxylation is 1. The Morgan fingerprint density at radius 2 is 1.24 bits per heavy atom. The van der Waals surface area contributed by atoms with E-state index in [1.807, 2.05) is 6.07 Å². The molecule has 0 spiro atoms. The van der Waals surface area contributed by atoms with E-state index in [9.17, 15) is 0 Å². The molecular formula is C32H30O2. The highest BCUT2D eigenvalue weighted by atomic mass is 16.4. The van der Waals surface area contributed by atoms with Gasteiger partial charge in [0.05, 0.1) is 0 Å². The fourth-order valence-corrected chi connectivity index (χ4v) is 5.19. The smallest absolute Gasteiger partial charge is 0.178 e. The van der Waals surface area contributed by atoms with Crippen LogP contribution in [0.15, 0.2) is 87.7 Å². The van der Waals surface area contributed by atoms with Gasteiger partial charge in [0, 0.05) is 21.5 Å². The molecule has 4 aromatic carbocycles. The van der Waals surface area contributed by atoms with Gasteiger partial charge in [-0.05, 0) is 65.9 Å². The summed E-state index contributed by atoms with van der Waals surface area (Å²) < 4.78 is 12.7. The fourth-order valence-electron chi connectivity index (χ4n) is 5.19. The summed E-state index contributed by atoms with van der Waals surface area (Å²) in [5.74, 6) is 0. The molecular weight excluding hydrogens is 416 g/mol. The van der Waals surface area contributed by atoms with Crippen molar-refractivity contribution in [1.29, 1.82) is 0 Å². The summed E-state index contributed by atoms with van der Waals surface area (Å²) in [4.78, 5) is 0. The summed E-state index contributed by atoms with van der Waals surface area (Å²) in [5.41, 5.74) is 7.26. The van der Waals surface area contributed by atoms with Gasteiger partial charge in [-0.3, -0.25) is 0 Å². The van der Waals surface area contributed by atoms with Crippen LogP contribution in [0.5, 0.6) is 0 Å². The van der Waals surface area contributed by atoms with Gasteiger partial charge in [-0.2, -0.15) is 0 Å². The fraction of sp³-hybridized carbons (Fsp3) is 0.250. The van der Waals surface area contributed by atoms with Gasteiger partial charge in [0.25, 0.3) is 0 Å². The van der Waals surface area contributed by atoms with Gasteiger partial charge in [0.2, 0.25) is 0 Å². The first-order chi connectivity index (χ1) is 16.8. The Balaban J connectivity index is 1.36. The summed E-state index contributed by atoms with van der Waals surface area (Å²) in [7, 11) is 0. The molecule has 2 nitrogen and oxygen atoms in total. The average Bonchev–Trinajstić information content (AvgIpc) is 3.44. The van der Waals surface area contributed by atoms with Gasteiger partial charge >= 0.3 is 0 Å². The van der Waals surface area contributed by atoms with Crippen molar-refractivity contribution >= 4 is 43.9 Å². The third-order valence-electron chi connectivity index (χ3n) is 7.07. The normalized spacial score (nSPS) is 11.9. The Kier molecular flexibility index (Phi) is 5.58. The Labute approximate surface area is 200 Å². The lowest BCUT2D eigenvalue weighted by Gasteiger charge is -2.02. The van der Waals surface area contributed by atoms with E-state index in [-0.39, 0.29) is 0 Å². The lowest BCUT2D eigenvalue weighted by molar-refractivity contribution is 0.607. The van der Waals surface area contributed by atoms with Gasteiger partial charge in [-0.25, -0.2) is 0 Å². The summed E-state index contributed by atoms with van der Waals surface area (Å²) in [5, 5.41) is 4.55. The Morgan fingerprint density at radius 1 is 0.529 bits per heavy atom. The number of benzene rings is 4. The van der Waals surface area contributed by atoms with E-state index >= 15 is 0 Å². The molecule has 6 aromatic rings. The topological polar surface area (TPSA) is 26.3 Å². The minimum absolute atomic E-state index is 0.839. The van der Waals surface area contributed by atoms with Gasteiger partial charge in [-0.1, -0.05) is 81.5 Å². The Bertz CT molecular complexity index is 1580. The second-order valence-electron chi connectivity index (χ2n) is 9.45. The molecule has 170 valence electrons. The molecule has 0 aliphatic heterocycles. The van der Waals surface area contributed by atoms with Crippen LogP contribution in [0.4, 0.5) is 0 Å². The zero-order valence-corrected chi connectivity index (χ0v) is 19.8. The molecule has 34 heavy (non-hydrogen) atoms. The lowest BCUT2D eigenvalue weighted by Crippen LogP contribution is -1.86. The second kappa shape index (κ2) is 9.02. The van der Waals surface area contributed by atoms with Crippen LogP contribution in [0.2, 0.25) is 0 Å². The van der Waals surface area contributed by atoms with Crippen LogP contribution in [0.3, 0.4) is 0 Å². The molecule has 0 unspecified atom stereocenters. The van der Waals surface area contributed by atoms with E-state index in [0.717, 1.165) is 50.5 Å². The number of hydrogen-bond acceptors (Lipinski definition) is 2. The lowest BCUT2D eigenvalue weighted by atomic mass is 10.0. The molecule has 6 rings (SSSR count). The SMILES string of the molecule is CCCCCCCCc1ccc2oc3c(ccc4c5ccc(-c6ccccc6)cc5oc43)c2c1. The maximum atomic E-state index is 6.41. The maximum absolute atomic E-state index is 6.41. The van der Waals surface area contributed by atoms with Crippen LogP contribution in [0.25, 0.3) is 55.0 Å². The van der Waals surface area contributed by atoms with Crippen LogP contribution in [0.1, 0.15) is 51.0 Å². The predicted octanol–water partition coefficient (Wildman–Crippen LogP) is 10.1. The first-order valence-corrected chi connectivity index (χ1v) is 12.7. The highest BCUT2D eigenvalue weighted by Crippen LogP contribution is 2.39. The van der Waals surface area contributed by atoms with Crippen LogP contribution >= 0.6 is 0 Å². The summed E-state index contributed by atoms with van der Waals surface area (Å²) in [6.45, 7) is 2.27. The quantitative estimate of drug-likeness (QED) is 0.217. The highest BCUT2D eigenvalue weighted by Gasteiger charge is 2.16. The molecule has 0 fully saturated rings. The van der Waals surface area contributed by atoms with Crippen molar-refractivity contribution in [3.8, 4) is 11.1 Å². The molecule has 0 N–H and O–H groups in total. The number of unbranched alkanes of at least 4 members (excludes halogenated alkanes) is 5. The van der Waals surface area contributed by atoms with Crippen LogP contribution in [-0.4, -0.2) is 0 Å². The third-order valence-corrected chi connectivity index (χ3v) is 7.07. The second-order valence-corrected chi connectivity index (χ2v) is 9.45. The Morgan fingerprint density at radius 3 is 2.06 bits per heavy atom. The van der Waals surface area contributed by atoms with E-state index < -0.39 is 0 Å². The molecule has 0 aliphatic carbocycles. The number of hydrogen-bond donors (Lipinski definition) is 0. The minimum atomic E-state index is 0.839. The van der Waals surface area contributed by atoms with Gasteiger partial charge < -0.3 is 8.83 Å². The zero-order chi connectivity index (χ0) is 22.9. The monoisotopic (exact) mass is 446 g/mol. The average molecular weight is 447 g/mol. The standard InChI is InChI=1S/C32H30O2/c1-2-3-4-5-6-8-11-22-14-19-29-28(20-22)27-18-17-26-25-16-15-24(23-12-9-7-10-13-23)21-30(25)34-31(26)32(27)33-29/h7,9-10,12-21H,2-6,8,11H2,1H3. The maximum Gasteiger partial charge on any atom is 0.178 e. The van der Waals surface area contributed by atoms with E-state index in [1.54, 1.807) is 0 Å². The molecule has 0 bridgehead atoms.